The van der Waals surface area contributed by atoms with Crippen LogP contribution in [0.1, 0.15) is 33.1 Å². The number of ether oxygens (including phenoxy) is 1. The van der Waals surface area contributed by atoms with Crippen LogP contribution in [-0.4, -0.2) is 32.2 Å². The van der Waals surface area contributed by atoms with Crippen molar-refractivity contribution in [2.45, 2.75) is 33.1 Å². The molecule has 0 aromatic heterocycles. The molecule has 0 aromatic carbocycles. The van der Waals surface area contributed by atoms with Crippen molar-refractivity contribution >= 4 is 25.6 Å². The van der Waals surface area contributed by atoms with Crippen molar-refractivity contribution in [1.29, 1.82) is 0 Å². The Morgan fingerprint density at radius 3 is 2.56 bits per heavy atom. The molecule has 0 bridgehead atoms. The van der Waals surface area contributed by atoms with Crippen LogP contribution in [0, 0.1) is 0 Å². The van der Waals surface area contributed by atoms with Crippen molar-refractivity contribution in [3.63, 3.8) is 0 Å². The average molecular weight is 242 g/mol. The van der Waals surface area contributed by atoms with Crippen LogP contribution in [0.4, 0.5) is 0 Å². The van der Waals surface area contributed by atoms with Crippen LogP contribution in [0.3, 0.4) is 0 Å². The number of unbranched alkanes of at least 4 members (excludes halogenated alkanes) is 1. The Balaban J connectivity index is 2.97. The molecule has 0 radical (unpaired) electrons. The van der Waals surface area contributed by atoms with E-state index in [9.17, 15) is 0 Å². The van der Waals surface area contributed by atoms with E-state index >= 15 is 0 Å². The molecule has 0 heterocycles. The van der Waals surface area contributed by atoms with Crippen molar-refractivity contribution < 1.29 is 4.74 Å². The van der Waals surface area contributed by atoms with Gasteiger partial charge in [-0.15, -0.1) is 0 Å². The zero-order chi connectivity index (χ0) is 7.11. The van der Waals surface area contributed by atoms with E-state index in [2.05, 4.69) is 13.8 Å². The van der Waals surface area contributed by atoms with Gasteiger partial charge in [-0.05, 0) is 0 Å². The van der Waals surface area contributed by atoms with Gasteiger partial charge in [-0.25, -0.2) is 0 Å². The SMILES string of the molecule is CCCCOC(=[Te])CC. The molecule has 0 aliphatic heterocycles. The molecule has 0 fully saturated rings. The fourth-order valence-electron chi connectivity index (χ4n) is 0.432. The molecular weight excluding hydrogens is 228 g/mol. The van der Waals surface area contributed by atoms with E-state index in [1.807, 2.05) is 21.8 Å². The first-order valence-corrected chi connectivity index (χ1v) is 4.63. The van der Waals surface area contributed by atoms with E-state index in [1.165, 1.54) is 16.6 Å². The fraction of sp³-hybridized carbons (Fsp3) is 0.857. The summed E-state index contributed by atoms with van der Waals surface area (Å²) in [6.45, 7) is 5.19. The van der Waals surface area contributed by atoms with Gasteiger partial charge in [0.15, 0.2) is 0 Å². The molecule has 0 rings (SSSR count). The van der Waals surface area contributed by atoms with E-state index in [4.69, 9.17) is 4.74 Å². The fourth-order valence-corrected chi connectivity index (χ4v) is 0.670. The molecule has 0 amide bonds. The van der Waals surface area contributed by atoms with Gasteiger partial charge in [-0.1, -0.05) is 0 Å². The van der Waals surface area contributed by atoms with Gasteiger partial charge in [0.2, 0.25) is 0 Å². The minimum atomic E-state index is 0.901. The molecular formula is C7H14OTe. The summed E-state index contributed by atoms with van der Waals surface area (Å²) in [5.74, 6) is 0. The van der Waals surface area contributed by atoms with Gasteiger partial charge in [0.25, 0.3) is 0 Å². The zero-order valence-corrected chi connectivity index (χ0v) is 8.48. The normalized spacial score (nSPS) is 9.11. The van der Waals surface area contributed by atoms with Gasteiger partial charge in [0, 0.05) is 0 Å². The standard InChI is InChI=1S/C7H14OTe/c1-3-5-6-8-7(9)4-2/h3-6H2,1-2H3. The van der Waals surface area contributed by atoms with Gasteiger partial charge in [-0.3, -0.25) is 0 Å². The van der Waals surface area contributed by atoms with Crippen molar-refractivity contribution in [1.82, 2.24) is 0 Å². The van der Waals surface area contributed by atoms with Gasteiger partial charge in [-0.2, -0.15) is 0 Å². The predicted octanol–water partition coefficient (Wildman–Crippen LogP) is 1.51. The third kappa shape index (κ3) is 6.34. The molecule has 0 unspecified atom stereocenters. The Kier molecular flexibility index (Phi) is 6.91. The van der Waals surface area contributed by atoms with E-state index < -0.39 is 0 Å². The summed E-state index contributed by atoms with van der Waals surface area (Å²) >= 11 is 1.97. The minimum absolute atomic E-state index is 0.901. The van der Waals surface area contributed by atoms with Crippen LogP contribution in [-0.2, 0) is 4.74 Å². The number of rotatable bonds is 5. The van der Waals surface area contributed by atoms with E-state index in [-0.39, 0.29) is 0 Å². The molecule has 0 N–H and O–H groups in total. The van der Waals surface area contributed by atoms with Crippen LogP contribution in [0.2, 0.25) is 0 Å². The van der Waals surface area contributed by atoms with Crippen LogP contribution in [0.25, 0.3) is 0 Å². The predicted molar refractivity (Wildman–Crippen MR) is 41.9 cm³/mol. The maximum absolute atomic E-state index is 5.35. The Bertz CT molecular complexity index is 81.0. The molecule has 0 aliphatic rings. The topological polar surface area (TPSA) is 9.23 Å². The summed E-state index contributed by atoms with van der Waals surface area (Å²) in [6, 6.07) is 0. The quantitative estimate of drug-likeness (QED) is 0.524. The third-order valence-electron chi connectivity index (χ3n) is 1.05. The third-order valence-corrected chi connectivity index (χ3v) is 2.21. The Morgan fingerprint density at radius 2 is 2.11 bits per heavy atom. The Hall–Kier alpha value is 0.460. The molecule has 2 heteroatoms. The first-order chi connectivity index (χ1) is 4.31. The summed E-state index contributed by atoms with van der Waals surface area (Å²) in [6.07, 6.45) is 3.45. The molecule has 0 atom stereocenters. The van der Waals surface area contributed by atoms with Crippen LogP contribution in [0.15, 0.2) is 0 Å². The second kappa shape index (κ2) is 6.58. The van der Waals surface area contributed by atoms with Crippen LogP contribution in [0.5, 0.6) is 0 Å². The summed E-state index contributed by atoms with van der Waals surface area (Å²) in [7, 11) is 0. The monoisotopic (exact) mass is 244 g/mol. The van der Waals surface area contributed by atoms with Gasteiger partial charge < -0.3 is 0 Å². The molecule has 0 aromatic rings. The molecule has 0 aliphatic carbocycles. The second-order valence-corrected chi connectivity index (χ2v) is 3.23. The molecule has 54 valence electrons. The molecule has 1 nitrogen and oxygen atoms in total. The van der Waals surface area contributed by atoms with Gasteiger partial charge >= 0.3 is 70.0 Å². The first kappa shape index (κ1) is 9.46. The summed E-state index contributed by atoms with van der Waals surface area (Å²) in [5.41, 5.74) is 0. The van der Waals surface area contributed by atoms with Crippen molar-refractivity contribution in [3.8, 4) is 0 Å². The van der Waals surface area contributed by atoms with Crippen molar-refractivity contribution in [2.75, 3.05) is 6.61 Å². The molecule has 0 spiro atoms. The van der Waals surface area contributed by atoms with Crippen LogP contribution >= 0.6 is 0 Å². The summed E-state index contributed by atoms with van der Waals surface area (Å²) in [5, 5.41) is 0. The van der Waals surface area contributed by atoms with E-state index in [1.54, 1.807) is 0 Å². The van der Waals surface area contributed by atoms with Gasteiger partial charge in [0.05, 0.1) is 0 Å². The Labute approximate surface area is 70.2 Å². The Morgan fingerprint density at radius 1 is 1.44 bits per heavy atom. The molecule has 9 heavy (non-hydrogen) atoms. The number of hydrogen-bond acceptors (Lipinski definition) is 1. The van der Waals surface area contributed by atoms with Crippen LogP contribution < -0.4 is 0 Å². The molecule has 0 saturated heterocycles. The van der Waals surface area contributed by atoms with Crippen molar-refractivity contribution in [2.24, 2.45) is 0 Å². The van der Waals surface area contributed by atoms with Crippen molar-refractivity contribution in [3.05, 3.63) is 0 Å². The summed E-state index contributed by atoms with van der Waals surface area (Å²) < 4.78 is 6.52. The van der Waals surface area contributed by atoms with E-state index in [0.717, 1.165) is 13.0 Å². The van der Waals surface area contributed by atoms with E-state index in [0.29, 0.717) is 0 Å². The molecule has 0 saturated carbocycles. The number of hydrogen-bond donors (Lipinski definition) is 0. The van der Waals surface area contributed by atoms with Gasteiger partial charge in [0.1, 0.15) is 0 Å². The second-order valence-electron chi connectivity index (χ2n) is 1.93. The zero-order valence-electron chi connectivity index (χ0n) is 6.14. The first-order valence-electron chi connectivity index (χ1n) is 3.46. The maximum atomic E-state index is 5.35. The summed E-state index contributed by atoms with van der Waals surface area (Å²) in [4.78, 5) is 0. The average Bonchev–Trinajstić information content (AvgIpc) is 1.89.